The highest BCUT2D eigenvalue weighted by atomic mass is 16.2. The van der Waals surface area contributed by atoms with Crippen LogP contribution >= 0.6 is 0 Å². The Morgan fingerprint density at radius 2 is 1.77 bits per heavy atom. The Morgan fingerprint density at radius 1 is 1.04 bits per heavy atom. The van der Waals surface area contributed by atoms with E-state index >= 15 is 0 Å². The average Bonchev–Trinajstić information content (AvgIpc) is 3.20. The van der Waals surface area contributed by atoms with E-state index in [-0.39, 0.29) is 18.0 Å². The van der Waals surface area contributed by atoms with Gasteiger partial charge in [0.05, 0.1) is 0 Å². The highest BCUT2D eigenvalue weighted by Gasteiger charge is 2.34. The second kappa shape index (κ2) is 7.98. The van der Waals surface area contributed by atoms with Crippen LogP contribution in [0.25, 0.3) is 0 Å². The van der Waals surface area contributed by atoms with Crippen molar-refractivity contribution in [2.24, 2.45) is 5.92 Å². The van der Waals surface area contributed by atoms with Crippen LogP contribution in [0.4, 0.5) is 0 Å². The zero-order valence-corrected chi connectivity index (χ0v) is 15.0. The van der Waals surface area contributed by atoms with Gasteiger partial charge in [0.15, 0.2) is 0 Å². The summed E-state index contributed by atoms with van der Waals surface area (Å²) in [5, 5.41) is 0. The number of piperidine rings is 1. The molecule has 2 fully saturated rings. The van der Waals surface area contributed by atoms with Crippen molar-refractivity contribution >= 4 is 5.91 Å². The minimum atomic E-state index is -0.140. The van der Waals surface area contributed by atoms with Crippen LogP contribution < -0.4 is 10.9 Å². The lowest BCUT2D eigenvalue weighted by Crippen LogP contribution is -2.48. The smallest absolute Gasteiger partial charge is 0.241 e. The Kier molecular flexibility index (Phi) is 5.27. The molecule has 2 N–H and O–H groups in total. The van der Waals surface area contributed by atoms with Gasteiger partial charge in [-0.2, -0.15) is 0 Å². The van der Waals surface area contributed by atoms with E-state index in [1.807, 2.05) is 17.0 Å². The van der Waals surface area contributed by atoms with Crippen LogP contribution in [0, 0.1) is 5.92 Å². The second-order valence-electron chi connectivity index (χ2n) is 7.37. The van der Waals surface area contributed by atoms with Crippen molar-refractivity contribution in [3.63, 3.8) is 0 Å². The zero-order chi connectivity index (χ0) is 17.8. The third kappa shape index (κ3) is 3.94. The normalized spacial score (nSPS) is 23.9. The summed E-state index contributed by atoms with van der Waals surface area (Å²) in [5.74, 6) is 0.910. The Balaban J connectivity index is 1.27. The molecule has 3 heterocycles. The predicted molar refractivity (Wildman–Crippen MR) is 101 cm³/mol. The summed E-state index contributed by atoms with van der Waals surface area (Å²) in [7, 11) is 0. The van der Waals surface area contributed by atoms with Crippen molar-refractivity contribution in [2.75, 3.05) is 13.1 Å². The summed E-state index contributed by atoms with van der Waals surface area (Å²) in [6, 6.07) is 14.7. The molecule has 1 aromatic heterocycles. The van der Waals surface area contributed by atoms with Gasteiger partial charge in [-0.3, -0.25) is 9.78 Å². The van der Waals surface area contributed by atoms with Gasteiger partial charge in [0, 0.05) is 31.5 Å². The molecule has 26 heavy (non-hydrogen) atoms. The third-order valence-corrected chi connectivity index (χ3v) is 5.60. The van der Waals surface area contributed by atoms with Gasteiger partial charge >= 0.3 is 0 Å². The molecule has 2 aliphatic rings. The first-order valence-electron chi connectivity index (χ1n) is 9.53. The number of hydrogen-bond acceptors (Lipinski definition) is 4. The number of hydrogen-bond donors (Lipinski definition) is 2. The first kappa shape index (κ1) is 17.2. The number of hydrazine groups is 1. The van der Waals surface area contributed by atoms with E-state index in [1.54, 1.807) is 12.4 Å². The number of rotatable bonds is 4. The second-order valence-corrected chi connectivity index (χ2v) is 7.37. The van der Waals surface area contributed by atoms with Crippen molar-refractivity contribution in [2.45, 2.75) is 37.8 Å². The van der Waals surface area contributed by atoms with Crippen LogP contribution in [-0.2, 0) is 11.2 Å². The molecule has 2 atom stereocenters. The van der Waals surface area contributed by atoms with E-state index in [2.05, 4.69) is 46.2 Å². The van der Waals surface area contributed by atoms with Gasteiger partial charge in [0.25, 0.3) is 0 Å². The molecule has 2 aromatic rings. The minimum absolute atomic E-state index is 0.140. The fourth-order valence-corrected chi connectivity index (χ4v) is 4.06. The monoisotopic (exact) mass is 350 g/mol. The molecule has 2 aliphatic heterocycles. The summed E-state index contributed by atoms with van der Waals surface area (Å²) in [4.78, 5) is 18.9. The van der Waals surface area contributed by atoms with Crippen molar-refractivity contribution in [1.29, 1.82) is 0 Å². The van der Waals surface area contributed by atoms with E-state index in [9.17, 15) is 4.79 Å². The molecule has 5 heteroatoms. The Hall–Kier alpha value is -2.24. The summed E-state index contributed by atoms with van der Waals surface area (Å²) in [6.45, 7) is 1.74. The molecular formula is C21H26N4O. The van der Waals surface area contributed by atoms with Gasteiger partial charge in [0.2, 0.25) is 5.91 Å². The highest BCUT2D eigenvalue weighted by molar-refractivity contribution is 5.82. The number of pyridine rings is 1. The predicted octanol–water partition coefficient (Wildman–Crippen LogP) is 2.47. The number of likely N-dealkylation sites (tertiary alicyclic amines) is 1. The summed E-state index contributed by atoms with van der Waals surface area (Å²) in [5.41, 5.74) is 9.02. The molecule has 5 nitrogen and oxygen atoms in total. The number of carbonyl (C=O) groups is 1. The number of nitrogens with one attached hydrogen (secondary N) is 2. The van der Waals surface area contributed by atoms with Gasteiger partial charge in [-0.25, -0.2) is 10.9 Å². The van der Waals surface area contributed by atoms with E-state index < -0.39 is 0 Å². The maximum atomic E-state index is 12.9. The molecule has 0 spiro atoms. The topological polar surface area (TPSA) is 57.3 Å². The Morgan fingerprint density at radius 3 is 2.50 bits per heavy atom. The van der Waals surface area contributed by atoms with Gasteiger partial charge < -0.3 is 4.90 Å². The molecule has 0 aliphatic carbocycles. The van der Waals surface area contributed by atoms with Crippen LogP contribution in [0.3, 0.4) is 0 Å². The van der Waals surface area contributed by atoms with E-state index in [4.69, 9.17) is 0 Å². The molecule has 4 rings (SSSR count). The van der Waals surface area contributed by atoms with E-state index in [0.717, 1.165) is 38.8 Å². The SMILES string of the molecule is O=C(C1CC(c2ccncc2)NN1)N1CCC(Cc2ccccc2)CC1. The van der Waals surface area contributed by atoms with Gasteiger partial charge in [-0.15, -0.1) is 0 Å². The largest absolute Gasteiger partial charge is 0.341 e. The summed E-state index contributed by atoms with van der Waals surface area (Å²) in [6.07, 6.45) is 7.68. The van der Waals surface area contributed by atoms with Crippen molar-refractivity contribution < 1.29 is 4.79 Å². The van der Waals surface area contributed by atoms with Crippen LogP contribution in [0.1, 0.15) is 36.4 Å². The quantitative estimate of drug-likeness (QED) is 0.889. The standard InChI is InChI=1S/C21H26N4O/c26-21(20-15-19(23-24-20)18-6-10-22-11-7-18)25-12-8-17(9-13-25)14-16-4-2-1-3-5-16/h1-7,10-11,17,19-20,23-24H,8-9,12-15H2. The average molecular weight is 350 g/mol. The molecule has 136 valence electrons. The van der Waals surface area contributed by atoms with E-state index in [0.29, 0.717) is 5.92 Å². The van der Waals surface area contributed by atoms with Gasteiger partial charge in [-0.05, 0) is 54.9 Å². The molecule has 2 saturated heterocycles. The maximum absolute atomic E-state index is 12.9. The summed E-state index contributed by atoms with van der Waals surface area (Å²) >= 11 is 0. The minimum Gasteiger partial charge on any atom is -0.341 e. The van der Waals surface area contributed by atoms with Gasteiger partial charge in [-0.1, -0.05) is 30.3 Å². The number of carbonyl (C=O) groups excluding carboxylic acids is 1. The molecule has 1 aromatic carbocycles. The lowest BCUT2D eigenvalue weighted by atomic mass is 9.90. The molecule has 0 bridgehead atoms. The fourth-order valence-electron chi connectivity index (χ4n) is 4.06. The number of amides is 1. The third-order valence-electron chi connectivity index (χ3n) is 5.60. The Bertz CT molecular complexity index is 713. The maximum Gasteiger partial charge on any atom is 0.241 e. The number of nitrogens with zero attached hydrogens (tertiary/aromatic N) is 2. The lowest BCUT2D eigenvalue weighted by Gasteiger charge is -2.33. The number of benzene rings is 1. The molecular weight excluding hydrogens is 324 g/mol. The zero-order valence-electron chi connectivity index (χ0n) is 15.0. The van der Waals surface area contributed by atoms with Crippen LogP contribution in [0.15, 0.2) is 54.9 Å². The number of aromatic nitrogens is 1. The van der Waals surface area contributed by atoms with Crippen molar-refractivity contribution in [3.05, 3.63) is 66.0 Å². The van der Waals surface area contributed by atoms with E-state index in [1.165, 1.54) is 11.1 Å². The van der Waals surface area contributed by atoms with Crippen molar-refractivity contribution in [3.8, 4) is 0 Å². The van der Waals surface area contributed by atoms with Crippen LogP contribution in [0.5, 0.6) is 0 Å². The summed E-state index contributed by atoms with van der Waals surface area (Å²) < 4.78 is 0. The lowest BCUT2D eigenvalue weighted by molar-refractivity contribution is -0.134. The van der Waals surface area contributed by atoms with Gasteiger partial charge in [0.1, 0.15) is 6.04 Å². The molecule has 1 amide bonds. The Labute approximate surface area is 154 Å². The molecule has 0 saturated carbocycles. The molecule has 2 unspecified atom stereocenters. The first-order chi connectivity index (χ1) is 12.8. The molecule has 0 radical (unpaired) electrons. The van der Waals surface area contributed by atoms with Crippen molar-refractivity contribution in [1.82, 2.24) is 20.7 Å². The van der Waals surface area contributed by atoms with Crippen LogP contribution in [0.2, 0.25) is 0 Å². The highest BCUT2D eigenvalue weighted by Crippen LogP contribution is 2.25. The first-order valence-corrected chi connectivity index (χ1v) is 9.53. The fraction of sp³-hybridized carbons (Fsp3) is 0.429. The van der Waals surface area contributed by atoms with Crippen LogP contribution in [-0.4, -0.2) is 34.9 Å².